The lowest BCUT2D eigenvalue weighted by molar-refractivity contribution is -0.167. The first-order chi connectivity index (χ1) is 38.0. The van der Waals surface area contributed by atoms with Crippen LogP contribution in [0.2, 0.25) is 0 Å². The number of hydrogen-bond donors (Lipinski definition) is 0. The molecule has 1 atom stereocenters. The van der Waals surface area contributed by atoms with E-state index in [2.05, 4.69) is 130 Å². The first-order valence-electron chi connectivity index (χ1n) is 32.4. The molecular weight excluding hydrogens is 949 g/mol. The zero-order chi connectivity index (χ0) is 55.7. The maximum atomic E-state index is 12.8. The van der Waals surface area contributed by atoms with E-state index in [1.165, 1.54) is 135 Å². The molecule has 0 aliphatic carbocycles. The van der Waals surface area contributed by atoms with Gasteiger partial charge in [-0.05, 0) is 103 Å². The molecule has 0 saturated heterocycles. The molecule has 77 heavy (non-hydrogen) atoms. The maximum Gasteiger partial charge on any atom is 0.306 e. The molecule has 0 spiro atoms. The average Bonchev–Trinajstić information content (AvgIpc) is 3.43. The fourth-order valence-electron chi connectivity index (χ4n) is 8.91. The first kappa shape index (κ1) is 73.1. The van der Waals surface area contributed by atoms with Gasteiger partial charge >= 0.3 is 17.9 Å². The van der Waals surface area contributed by atoms with E-state index in [4.69, 9.17) is 14.2 Å². The Morgan fingerprint density at radius 3 is 0.831 bits per heavy atom. The molecule has 1 unspecified atom stereocenters. The van der Waals surface area contributed by atoms with Crippen LogP contribution in [0.15, 0.2) is 109 Å². The highest BCUT2D eigenvalue weighted by molar-refractivity contribution is 5.71. The second-order valence-corrected chi connectivity index (χ2v) is 21.3. The van der Waals surface area contributed by atoms with Gasteiger partial charge in [-0.2, -0.15) is 0 Å². The van der Waals surface area contributed by atoms with E-state index >= 15 is 0 Å². The molecule has 0 amide bonds. The Bertz CT molecular complexity index is 1560. The normalized spacial score (nSPS) is 12.8. The number of rotatable bonds is 58. The highest BCUT2D eigenvalue weighted by Gasteiger charge is 2.19. The van der Waals surface area contributed by atoms with E-state index in [-0.39, 0.29) is 31.1 Å². The summed E-state index contributed by atoms with van der Waals surface area (Å²) in [6.45, 7) is 6.47. The van der Waals surface area contributed by atoms with E-state index in [1.54, 1.807) is 0 Å². The van der Waals surface area contributed by atoms with Gasteiger partial charge in [0.05, 0.1) is 0 Å². The van der Waals surface area contributed by atoms with Crippen molar-refractivity contribution in [1.82, 2.24) is 0 Å². The van der Waals surface area contributed by atoms with E-state index in [0.29, 0.717) is 19.3 Å². The molecule has 0 aromatic heterocycles. The zero-order valence-corrected chi connectivity index (χ0v) is 50.4. The van der Waals surface area contributed by atoms with Crippen LogP contribution in [0.25, 0.3) is 0 Å². The highest BCUT2D eigenvalue weighted by Crippen LogP contribution is 2.16. The lowest BCUT2D eigenvalue weighted by Gasteiger charge is -2.18. The van der Waals surface area contributed by atoms with Gasteiger partial charge in [-0.25, -0.2) is 0 Å². The molecule has 0 rings (SSSR count). The average molecular weight is 1070 g/mol. The van der Waals surface area contributed by atoms with Crippen LogP contribution in [0.1, 0.15) is 303 Å². The standard InChI is InChI=1S/C71H120O6/c1-4-7-10-13-16-19-22-24-26-27-28-29-30-31-32-33-34-35-36-37-38-39-40-41-42-43-44-45-46-48-49-52-55-58-61-64-70(73)76-67-68(66-75-69(72)63-60-57-54-51-21-18-15-12-9-6-3)77-71(74)65-62-59-56-53-50-47-25-23-20-17-14-11-8-5-2/h7,10,14,16-17,19,23-26,28-29,31-32,34-35,37-38,68H,4-6,8-9,11-13,15,18,20-22,27,30,33,36,39-67H2,1-3H3/b10-7-,17-14-,19-16-,25-23-,26-24-,29-28-,32-31-,35-34-,38-37-. The summed E-state index contributed by atoms with van der Waals surface area (Å²) in [7, 11) is 0. The van der Waals surface area contributed by atoms with Crippen molar-refractivity contribution in [3.63, 3.8) is 0 Å². The van der Waals surface area contributed by atoms with Crippen LogP contribution in [-0.4, -0.2) is 37.2 Å². The molecular formula is C71H120O6. The third-order valence-corrected chi connectivity index (χ3v) is 13.8. The molecule has 0 radical (unpaired) electrons. The lowest BCUT2D eigenvalue weighted by atomic mass is 10.0. The van der Waals surface area contributed by atoms with Crippen molar-refractivity contribution in [2.75, 3.05) is 13.2 Å². The summed E-state index contributed by atoms with van der Waals surface area (Å²) in [5, 5.41) is 0. The quantitative estimate of drug-likeness (QED) is 0.0261. The predicted octanol–water partition coefficient (Wildman–Crippen LogP) is 22.2. The van der Waals surface area contributed by atoms with E-state index < -0.39 is 6.10 Å². The van der Waals surface area contributed by atoms with Crippen molar-refractivity contribution in [3.05, 3.63) is 109 Å². The van der Waals surface area contributed by atoms with Gasteiger partial charge in [0.1, 0.15) is 13.2 Å². The Balaban J connectivity index is 4.11. The fourth-order valence-corrected chi connectivity index (χ4v) is 8.91. The smallest absolute Gasteiger partial charge is 0.306 e. The second-order valence-electron chi connectivity index (χ2n) is 21.3. The van der Waals surface area contributed by atoms with Crippen molar-refractivity contribution in [2.45, 2.75) is 309 Å². The Hall–Kier alpha value is -3.93. The molecule has 0 fully saturated rings. The molecule has 0 bridgehead atoms. The van der Waals surface area contributed by atoms with Crippen LogP contribution in [0.5, 0.6) is 0 Å². The summed E-state index contributed by atoms with van der Waals surface area (Å²) >= 11 is 0. The fraction of sp³-hybridized carbons (Fsp3) is 0.704. The van der Waals surface area contributed by atoms with Gasteiger partial charge in [-0.15, -0.1) is 0 Å². The molecule has 440 valence electrons. The molecule has 0 saturated carbocycles. The number of ether oxygens (including phenoxy) is 3. The van der Waals surface area contributed by atoms with Crippen molar-refractivity contribution in [1.29, 1.82) is 0 Å². The molecule has 6 heteroatoms. The van der Waals surface area contributed by atoms with Crippen LogP contribution in [-0.2, 0) is 28.6 Å². The van der Waals surface area contributed by atoms with Crippen molar-refractivity contribution >= 4 is 17.9 Å². The third-order valence-electron chi connectivity index (χ3n) is 13.8. The minimum absolute atomic E-state index is 0.0806. The van der Waals surface area contributed by atoms with Gasteiger partial charge in [-0.1, -0.05) is 291 Å². The minimum Gasteiger partial charge on any atom is -0.462 e. The summed E-state index contributed by atoms with van der Waals surface area (Å²) in [5.41, 5.74) is 0. The molecule has 0 aromatic carbocycles. The molecule has 6 nitrogen and oxygen atoms in total. The Morgan fingerprint density at radius 1 is 0.273 bits per heavy atom. The van der Waals surface area contributed by atoms with Crippen LogP contribution in [0.3, 0.4) is 0 Å². The first-order valence-corrected chi connectivity index (χ1v) is 32.4. The summed E-state index contributed by atoms with van der Waals surface area (Å²) < 4.78 is 16.9. The van der Waals surface area contributed by atoms with Crippen LogP contribution in [0, 0.1) is 0 Å². The van der Waals surface area contributed by atoms with Gasteiger partial charge in [0.25, 0.3) is 0 Å². The SMILES string of the molecule is CC/C=C\C/C=C\C/C=C\C/C=C\C/C=C\C/C=C\C/C=C\CCCCCCCCCCCCCCCC(=O)OCC(COC(=O)CCCCCCCCCCCC)OC(=O)CCCCCCC/C=C\C/C=C\CCCC. The Morgan fingerprint density at radius 2 is 0.519 bits per heavy atom. The molecule has 0 heterocycles. The number of allylic oxidation sites excluding steroid dienone is 18. The monoisotopic (exact) mass is 1070 g/mol. The van der Waals surface area contributed by atoms with Crippen LogP contribution in [0.4, 0.5) is 0 Å². The largest absolute Gasteiger partial charge is 0.462 e. The highest BCUT2D eigenvalue weighted by atomic mass is 16.6. The summed E-state index contributed by atoms with van der Waals surface area (Å²) in [6, 6.07) is 0. The summed E-state index contributed by atoms with van der Waals surface area (Å²) in [5.74, 6) is -0.891. The minimum atomic E-state index is -0.783. The van der Waals surface area contributed by atoms with E-state index in [0.717, 1.165) is 128 Å². The summed E-state index contributed by atoms with van der Waals surface area (Å²) in [6.07, 6.45) is 88.3. The number of hydrogen-bond acceptors (Lipinski definition) is 6. The molecule has 0 N–H and O–H groups in total. The van der Waals surface area contributed by atoms with Crippen LogP contribution >= 0.6 is 0 Å². The van der Waals surface area contributed by atoms with Gasteiger partial charge in [0.15, 0.2) is 6.10 Å². The van der Waals surface area contributed by atoms with Crippen LogP contribution < -0.4 is 0 Å². The summed E-state index contributed by atoms with van der Waals surface area (Å²) in [4.78, 5) is 38.1. The Labute approximate surface area is 476 Å². The zero-order valence-electron chi connectivity index (χ0n) is 50.4. The van der Waals surface area contributed by atoms with Gasteiger partial charge in [-0.3, -0.25) is 14.4 Å². The third kappa shape index (κ3) is 62.8. The predicted molar refractivity (Wildman–Crippen MR) is 334 cm³/mol. The van der Waals surface area contributed by atoms with E-state index in [9.17, 15) is 14.4 Å². The van der Waals surface area contributed by atoms with Crippen molar-refractivity contribution in [3.8, 4) is 0 Å². The number of carbonyl (C=O) groups is 3. The second kappa shape index (κ2) is 64.6. The van der Waals surface area contributed by atoms with Gasteiger partial charge in [0, 0.05) is 19.3 Å². The van der Waals surface area contributed by atoms with Crippen molar-refractivity contribution in [2.24, 2.45) is 0 Å². The number of unbranched alkanes of at least 4 members (excludes halogenated alkanes) is 29. The van der Waals surface area contributed by atoms with Gasteiger partial charge < -0.3 is 14.2 Å². The molecule has 0 aromatic rings. The maximum absolute atomic E-state index is 12.8. The van der Waals surface area contributed by atoms with Crippen molar-refractivity contribution < 1.29 is 28.6 Å². The van der Waals surface area contributed by atoms with Gasteiger partial charge in [0.2, 0.25) is 0 Å². The number of carbonyl (C=O) groups excluding carboxylic acids is 3. The van der Waals surface area contributed by atoms with E-state index in [1.807, 2.05) is 0 Å². The molecule has 0 aliphatic rings. The number of esters is 3. The topological polar surface area (TPSA) is 78.9 Å². The molecule has 0 aliphatic heterocycles. The Kier molecular flexibility index (Phi) is 61.3. The lowest BCUT2D eigenvalue weighted by Crippen LogP contribution is -2.30.